The highest BCUT2D eigenvalue weighted by Crippen LogP contribution is 2.43. The van der Waals surface area contributed by atoms with Gasteiger partial charge in [-0.15, -0.1) is 0 Å². The number of fused-ring (bicyclic) bond motifs is 1. The van der Waals surface area contributed by atoms with E-state index in [9.17, 15) is 13.6 Å². The van der Waals surface area contributed by atoms with Gasteiger partial charge in [-0.1, -0.05) is 12.1 Å². The summed E-state index contributed by atoms with van der Waals surface area (Å²) in [6, 6.07) is 14.9. The van der Waals surface area contributed by atoms with Crippen LogP contribution in [0.1, 0.15) is 22.7 Å². The number of methoxy groups -OCH3 is 2. The van der Waals surface area contributed by atoms with E-state index < -0.39 is 6.04 Å². The summed E-state index contributed by atoms with van der Waals surface area (Å²) in [5, 5.41) is 0. The Morgan fingerprint density at radius 1 is 0.862 bits per heavy atom. The number of rotatable bonds is 4. The molecule has 1 aliphatic rings. The summed E-state index contributed by atoms with van der Waals surface area (Å²) in [6.07, 6.45) is 0.157. The highest BCUT2D eigenvalue weighted by Gasteiger charge is 2.35. The van der Waals surface area contributed by atoms with Gasteiger partial charge in [0.1, 0.15) is 11.6 Å². The monoisotopic (exact) mass is 395 g/mol. The molecule has 0 aromatic heterocycles. The summed E-state index contributed by atoms with van der Waals surface area (Å²) < 4.78 is 37.8. The quantitative estimate of drug-likeness (QED) is 0.645. The van der Waals surface area contributed by atoms with Crippen molar-refractivity contribution in [1.82, 2.24) is 0 Å². The molecule has 0 unspecified atom stereocenters. The van der Waals surface area contributed by atoms with Crippen LogP contribution in [0.15, 0.2) is 60.7 Å². The zero-order valence-corrected chi connectivity index (χ0v) is 16.0. The van der Waals surface area contributed by atoms with E-state index in [1.807, 2.05) is 6.07 Å². The van der Waals surface area contributed by atoms with Crippen LogP contribution in [0.4, 0.5) is 14.5 Å². The average molecular weight is 395 g/mol. The predicted octanol–water partition coefficient (Wildman–Crippen LogP) is 4.66. The van der Waals surface area contributed by atoms with Gasteiger partial charge in [0.25, 0.3) is 0 Å². The highest BCUT2D eigenvalue weighted by molar-refractivity contribution is 5.98. The second kappa shape index (κ2) is 7.54. The SMILES string of the molecule is COc1cc2c(cc1OC)[C@H](c1ccc(F)cc1)N(c1ccc(F)cc1)C(=O)C2. The number of hydrogen-bond donors (Lipinski definition) is 0. The molecule has 3 aromatic rings. The van der Waals surface area contributed by atoms with E-state index in [1.54, 1.807) is 42.3 Å². The minimum Gasteiger partial charge on any atom is -0.493 e. The molecule has 0 N–H and O–H groups in total. The van der Waals surface area contributed by atoms with Crippen LogP contribution in [0.2, 0.25) is 0 Å². The van der Waals surface area contributed by atoms with Gasteiger partial charge in [0.05, 0.1) is 26.7 Å². The first-order chi connectivity index (χ1) is 14.0. The molecule has 1 atom stereocenters. The molecule has 6 heteroatoms. The van der Waals surface area contributed by atoms with Crippen molar-refractivity contribution in [2.24, 2.45) is 0 Å². The van der Waals surface area contributed by atoms with Gasteiger partial charge in [0.2, 0.25) is 5.91 Å². The van der Waals surface area contributed by atoms with Crippen LogP contribution in [0.3, 0.4) is 0 Å². The molecule has 3 aromatic carbocycles. The summed E-state index contributed by atoms with van der Waals surface area (Å²) >= 11 is 0. The lowest BCUT2D eigenvalue weighted by molar-refractivity contribution is -0.118. The first kappa shape index (κ1) is 18.9. The number of anilines is 1. The maximum absolute atomic E-state index is 13.5. The van der Waals surface area contributed by atoms with Gasteiger partial charge in [-0.3, -0.25) is 4.79 Å². The number of amides is 1. The normalized spacial score (nSPS) is 15.8. The zero-order valence-electron chi connectivity index (χ0n) is 16.0. The van der Waals surface area contributed by atoms with E-state index in [0.717, 1.165) is 16.7 Å². The minimum atomic E-state index is -0.517. The van der Waals surface area contributed by atoms with E-state index in [2.05, 4.69) is 0 Å². The molecular weight excluding hydrogens is 376 g/mol. The Morgan fingerprint density at radius 3 is 2.00 bits per heavy atom. The fraction of sp³-hybridized carbons (Fsp3) is 0.174. The number of carbonyl (C=O) groups is 1. The topological polar surface area (TPSA) is 38.8 Å². The van der Waals surface area contributed by atoms with Gasteiger partial charge in [0.15, 0.2) is 11.5 Å². The third-order valence-electron chi connectivity index (χ3n) is 5.10. The van der Waals surface area contributed by atoms with E-state index in [0.29, 0.717) is 17.2 Å². The van der Waals surface area contributed by atoms with Crippen molar-refractivity contribution in [1.29, 1.82) is 0 Å². The molecule has 1 amide bonds. The van der Waals surface area contributed by atoms with Crippen molar-refractivity contribution in [3.05, 3.63) is 89.0 Å². The molecule has 0 aliphatic carbocycles. The fourth-order valence-corrected chi connectivity index (χ4v) is 3.74. The minimum absolute atomic E-state index is 0.148. The second-order valence-electron chi connectivity index (χ2n) is 6.78. The molecule has 1 aliphatic heterocycles. The third-order valence-corrected chi connectivity index (χ3v) is 5.10. The number of benzene rings is 3. The van der Waals surface area contributed by atoms with Crippen LogP contribution in [0.5, 0.6) is 11.5 Å². The molecule has 148 valence electrons. The van der Waals surface area contributed by atoms with E-state index in [4.69, 9.17) is 9.47 Å². The Balaban J connectivity index is 1.93. The van der Waals surface area contributed by atoms with Crippen LogP contribution in [0, 0.1) is 11.6 Å². The summed E-state index contributed by atoms with van der Waals surface area (Å²) in [6.45, 7) is 0. The van der Waals surface area contributed by atoms with Crippen LogP contribution in [-0.2, 0) is 11.2 Å². The van der Waals surface area contributed by atoms with Crippen LogP contribution in [0.25, 0.3) is 0 Å². The van der Waals surface area contributed by atoms with E-state index in [-0.39, 0.29) is 24.0 Å². The van der Waals surface area contributed by atoms with Gasteiger partial charge < -0.3 is 14.4 Å². The molecular formula is C23H19F2NO3. The Labute approximate surface area is 167 Å². The predicted molar refractivity (Wildman–Crippen MR) is 105 cm³/mol. The van der Waals surface area contributed by atoms with Crippen molar-refractivity contribution in [2.45, 2.75) is 12.5 Å². The maximum Gasteiger partial charge on any atom is 0.232 e. The number of nitrogens with zero attached hydrogens (tertiary/aromatic N) is 1. The largest absolute Gasteiger partial charge is 0.493 e. The third kappa shape index (κ3) is 3.42. The lowest BCUT2D eigenvalue weighted by atomic mass is 9.87. The molecule has 0 spiro atoms. The Bertz CT molecular complexity index is 1050. The lowest BCUT2D eigenvalue weighted by Gasteiger charge is -2.38. The fourth-order valence-electron chi connectivity index (χ4n) is 3.74. The van der Waals surface area contributed by atoms with Crippen molar-refractivity contribution in [2.75, 3.05) is 19.1 Å². The summed E-state index contributed by atoms with van der Waals surface area (Å²) in [5.74, 6) is 0.171. The molecule has 1 heterocycles. The Hall–Kier alpha value is -3.41. The van der Waals surface area contributed by atoms with Gasteiger partial charge in [-0.2, -0.15) is 0 Å². The van der Waals surface area contributed by atoms with Crippen molar-refractivity contribution < 1.29 is 23.0 Å². The maximum atomic E-state index is 13.5. The van der Waals surface area contributed by atoms with Gasteiger partial charge in [-0.25, -0.2) is 8.78 Å². The van der Waals surface area contributed by atoms with E-state index >= 15 is 0 Å². The average Bonchev–Trinajstić information content (AvgIpc) is 2.73. The summed E-state index contributed by atoms with van der Waals surface area (Å²) in [4.78, 5) is 14.7. The van der Waals surface area contributed by atoms with Gasteiger partial charge in [-0.05, 0) is 65.2 Å². The van der Waals surface area contributed by atoms with Crippen molar-refractivity contribution in [3.8, 4) is 11.5 Å². The van der Waals surface area contributed by atoms with Crippen molar-refractivity contribution in [3.63, 3.8) is 0 Å². The molecule has 0 saturated carbocycles. The molecule has 4 nitrogen and oxygen atoms in total. The highest BCUT2D eigenvalue weighted by atomic mass is 19.1. The number of carbonyl (C=O) groups excluding carboxylic acids is 1. The van der Waals surface area contributed by atoms with Gasteiger partial charge >= 0.3 is 0 Å². The first-order valence-electron chi connectivity index (χ1n) is 9.09. The first-order valence-corrected chi connectivity index (χ1v) is 9.09. The Morgan fingerprint density at radius 2 is 1.41 bits per heavy atom. The molecule has 0 bridgehead atoms. The van der Waals surface area contributed by atoms with Crippen LogP contribution >= 0.6 is 0 Å². The molecule has 0 radical (unpaired) electrons. The van der Waals surface area contributed by atoms with Crippen LogP contribution < -0.4 is 14.4 Å². The summed E-state index contributed by atoms with van der Waals surface area (Å²) in [7, 11) is 3.08. The lowest BCUT2D eigenvalue weighted by Crippen LogP contribution is -2.41. The number of halogens is 2. The summed E-state index contributed by atoms with van der Waals surface area (Å²) in [5.41, 5.74) is 2.95. The van der Waals surface area contributed by atoms with Crippen LogP contribution in [-0.4, -0.2) is 20.1 Å². The number of ether oxygens (including phenoxy) is 2. The van der Waals surface area contributed by atoms with Crippen molar-refractivity contribution >= 4 is 11.6 Å². The van der Waals surface area contributed by atoms with E-state index in [1.165, 1.54) is 31.4 Å². The molecule has 29 heavy (non-hydrogen) atoms. The molecule has 0 fully saturated rings. The smallest absolute Gasteiger partial charge is 0.232 e. The standard InChI is InChI=1S/C23H19F2NO3/c1-28-20-11-15-12-22(27)26(18-9-7-17(25)8-10-18)23(19(15)13-21(20)29-2)14-3-5-16(24)6-4-14/h3-11,13,23H,12H2,1-2H3/t23-/m0/s1. The second-order valence-corrected chi connectivity index (χ2v) is 6.78. The molecule has 4 rings (SSSR count). The van der Waals surface area contributed by atoms with Gasteiger partial charge in [0, 0.05) is 5.69 Å². The Kier molecular flexibility index (Phi) is 4.92. The number of hydrogen-bond acceptors (Lipinski definition) is 3. The molecule has 0 saturated heterocycles. The zero-order chi connectivity index (χ0) is 20.5.